The van der Waals surface area contributed by atoms with Crippen molar-refractivity contribution in [2.45, 2.75) is 25.9 Å². The van der Waals surface area contributed by atoms with Crippen molar-refractivity contribution in [3.63, 3.8) is 0 Å². The van der Waals surface area contributed by atoms with Crippen LogP contribution >= 0.6 is 0 Å². The molecule has 96 valence electrons. The Labute approximate surface area is 104 Å². The summed E-state index contributed by atoms with van der Waals surface area (Å²) >= 11 is 0. The van der Waals surface area contributed by atoms with Gasteiger partial charge >= 0.3 is 0 Å². The van der Waals surface area contributed by atoms with Gasteiger partial charge in [0.15, 0.2) is 0 Å². The number of likely N-dealkylation sites (N-methyl/N-ethyl adjacent to an activating group) is 1. The van der Waals surface area contributed by atoms with E-state index in [0.29, 0.717) is 0 Å². The molecule has 1 aliphatic rings. The van der Waals surface area contributed by atoms with Crippen LogP contribution in [0.3, 0.4) is 0 Å². The molecule has 0 radical (unpaired) electrons. The van der Waals surface area contributed by atoms with Crippen molar-refractivity contribution in [1.82, 2.24) is 14.7 Å². The van der Waals surface area contributed by atoms with Gasteiger partial charge < -0.3 is 4.90 Å². The van der Waals surface area contributed by atoms with Gasteiger partial charge in [-0.15, -0.1) is 0 Å². The summed E-state index contributed by atoms with van der Waals surface area (Å²) in [6.07, 6.45) is 0. The molecule has 2 unspecified atom stereocenters. The molecular formula is C12H22N4O. The number of amides is 1. The lowest BCUT2D eigenvalue weighted by Crippen LogP contribution is -2.55. The maximum Gasteiger partial charge on any atom is 0.239 e. The molecule has 0 aromatic rings. The summed E-state index contributed by atoms with van der Waals surface area (Å²) < 4.78 is 0. The Morgan fingerprint density at radius 3 is 2.06 bits per heavy atom. The van der Waals surface area contributed by atoms with Gasteiger partial charge in [0.2, 0.25) is 5.91 Å². The second-order valence-electron chi connectivity index (χ2n) is 4.79. The van der Waals surface area contributed by atoms with Gasteiger partial charge in [-0.2, -0.15) is 5.26 Å². The highest BCUT2D eigenvalue weighted by molar-refractivity contribution is 5.80. The number of hydrogen-bond donors (Lipinski definition) is 0. The first-order valence-corrected chi connectivity index (χ1v) is 6.06. The monoisotopic (exact) mass is 238 g/mol. The van der Waals surface area contributed by atoms with Gasteiger partial charge in [0.1, 0.15) is 0 Å². The Morgan fingerprint density at radius 1 is 1.18 bits per heavy atom. The van der Waals surface area contributed by atoms with Gasteiger partial charge in [-0.1, -0.05) is 0 Å². The number of nitriles is 1. The molecule has 0 saturated carbocycles. The van der Waals surface area contributed by atoms with Crippen molar-refractivity contribution in [1.29, 1.82) is 5.26 Å². The SMILES string of the molecule is CC(C#N)N1CCN(C(C)C(=O)N(C)C)CC1. The maximum absolute atomic E-state index is 11.8. The number of hydrogen-bond acceptors (Lipinski definition) is 4. The Hall–Kier alpha value is -1.12. The average Bonchev–Trinajstić information content (AvgIpc) is 2.36. The topological polar surface area (TPSA) is 50.6 Å². The van der Waals surface area contributed by atoms with E-state index in [1.165, 1.54) is 0 Å². The molecule has 2 atom stereocenters. The van der Waals surface area contributed by atoms with Crippen LogP contribution in [0.2, 0.25) is 0 Å². The Kier molecular flexibility index (Phi) is 4.91. The van der Waals surface area contributed by atoms with Crippen molar-refractivity contribution in [3.05, 3.63) is 0 Å². The highest BCUT2D eigenvalue weighted by Crippen LogP contribution is 2.10. The molecule has 1 saturated heterocycles. The molecule has 5 heteroatoms. The molecule has 1 amide bonds. The maximum atomic E-state index is 11.8. The third-order valence-corrected chi connectivity index (χ3v) is 3.43. The highest BCUT2D eigenvalue weighted by atomic mass is 16.2. The fraction of sp³-hybridized carbons (Fsp3) is 0.833. The van der Waals surface area contributed by atoms with E-state index >= 15 is 0 Å². The quantitative estimate of drug-likeness (QED) is 0.694. The van der Waals surface area contributed by atoms with E-state index in [2.05, 4.69) is 15.9 Å². The van der Waals surface area contributed by atoms with Gasteiger partial charge in [-0.3, -0.25) is 14.6 Å². The molecule has 0 bridgehead atoms. The van der Waals surface area contributed by atoms with Gasteiger partial charge in [-0.25, -0.2) is 0 Å². The predicted octanol–water partition coefficient (Wildman–Crippen LogP) is -0.00722. The summed E-state index contributed by atoms with van der Waals surface area (Å²) in [6, 6.07) is 2.16. The molecule has 0 spiro atoms. The highest BCUT2D eigenvalue weighted by Gasteiger charge is 2.27. The minimum absolute atomic E-state index is 0.0305. The van der Waals surface area contributed by atoms with Crippen molar-refractivity contribution >= 4 is 5.91 Å². The van der Waals surface area contributed by atoms with Gasteiger partial charge in [0, 0.05) is 40.3 Å². The van der Waals surface area contributed by atoms with E-state index in [4.69, 9.17) is 5.26 Å². The number of carbonyl (C=O) groups is 1. The molecule has 1 fully saturated rings. The second-order valence-corrected chi connectivity index (χ2v) is 4.79. The van der Waals surface area contributed by atoms with Gasteiger partial charge in [-0.05, 0) is 13.8 Å². The van der Waals surface area contributed by atoms with Gasteiger partial charge in [0.05, 0.1) is 18.2 Å². The summed E-state index contributed by atoms with van der Waals surface area (Å²) in [7, 11) is 3.57. The molecule has 0 aliphatic carbocycles. The van der Waals surface area contributed by atoms with Crippen LogP contribution in [0.15, 0.2) is 0 Å². The molecule has 5 nitrogen and oxygen atoms in total. The number of piperazine rings is 1. The first kappa shape index (κ1) is 13.9. The van der Waals surface area contributed by atoms with Crippen molar-refractivity contribution in [3.8, 4) is 6.07 Å². The van der Waals surface area contributed by atoms with Crippen LogP contribution in [0.4, 0.5) is 0 Å². The predicted molar refractivity (Wildman–Crippen MR) is 66.4 cm³/mol. The Balaban J connectivity index is 2.47. The van der Waals surface area contributed by atoms with Crippen LogP contribution in [0.1, 0.15) is 13.8 Å². The minimum atomic E-state index is -0.0652. The van der Waals surface area contributed by atoms with E-state index < -0.39 is 0 Å². The van der Waals surface area contributed by atoms with Crippen molar-refractivity contribution < 1.29 is 4.79 Å². The largest absolute Gasteiger partial charge is 0.347 e. The molecule has 0 N–H and O–H groups in total. The van der Waals surface area contributed by atoms with E-state index in [1.54, 1.807) is 19.0 Å². The Morgan fingerprint density at radius 2 is 1.65 bits per heavy atom. The van der Waals surface area contributed by atoms with E-state index in [-0.39, 0.29) is 18.0 Å². The van der Waals surface area contributed by atoms with Crippen LogP contribution in [0.5, 0.6) is 0 Å². The summed E-state index contributed by atoms with van der Waals surface area (Å²) in [6.45, 7) is 7.30. The minimum Gasteiger partial charge on any atom is -0.347 e. The van der Waals surface area contributed by atoms with Crippen molar-refractivity contribution in [2.24, 2.45) is 0 Å². The van der Waals surface area contributed by atoms with Crippen molar-refractivity contribution in [2.75, 3.05) is 40.3 Å². The number of rotatable bonds is 3. The summed E-state index contributed by atoms with van der Waals surface area (Å²) in [5.41, 5.74) is 0. The van der Waals surface area contributed by atoms with E-state index in [9.17, 15) is 4.79 Å². The third kappa shape index (κ3) is 3.42. The lowest BCUT2D eigenvalue weighted by atomic mass is 10.2. The third-order valence-electron chi connectivity index (χ3n) is 3.43. The molecule has 0 aromatic heterocycles. The van der Waals surface area contributed by atoms with E-state index in [0.717, 1.165) is 26.2 Å². The molecule has 1 aliphatic heterocycles. The molecule has 0 aromatic carbocycles. The van der Waals surface area contributed by atoms with Gasteiger partial charge in [0.25, 0.3) is 0 Å². The first-order valence-electron chi connectivity index (χ1n) is 6.06. The standard InChI is InChI=1S/C12H22N4O/c1-10(9-13)15-5-7-16(8-6-15)11(2)12(17)14(3)4/h10-11H,5-8H2,1-4H3. The lowest BCUT2D eigenvalue weighted by Gasteiger charge is -2.38. The summed E-state index contributed by atoms with van der Waals surface area (Å²) in [4.78, 5) is 17.8. The lowest BCUT2D eigenvalue weighted by molar-refractivity contribution is -0.134. The number of carbonyl (C=O) groups excluding carboxylic acids is 1. The molecule has 1 heterocycles. The zero-order valence-corrected chi connectivity index (χ0v) is 11.2. The number of nitrogens with zero attached hydrogens (tertiary/aromatic N) is 4. The smallest absolute Gasteiger partial charge is 0.239 e. The van der Waals surface area contributed by atoms with Crippen LogP contribution in [-0.2, 0) is 4.79 Å². The summed E-state index contributed by atoms with van der Waals surface area (Å²) in [5, 5.41) is 8.86. The second kappa shape index (κ2) is 5.99. The zero-order valence-electron chi connectivity index (χ0n) is 11.2. The average molecular weight is 238 g/mol. The Bertz CT molecular complexity index is 302. The fourth-order valence-corrected chi connectivity index (χ4v) is 2.12. The van der Waals surface area contributed by atoms with Crippen LogP contribution in [0, 0.1) is 11.3 Å². The van der Waals surface area contributed by atoms with E-state index in [1.807, 2.05) is 13.8 Å². The summed E-state index contributed by atoms with van der Waals surface area (Å²) in [5.74, 6) is 0.145. The molecule has 17 heavy (non-hydrogen) atoms. The van der Waals surface area contributed by atoms with Crippen LogP contribution in [0.25, 0.3) is 0 Å². The fourth-order valence-electron chi connectivity index (χ4n) is 2.12. The molecule has 1 rings (SSSR count). The normalized spacial score (nSPS) is 21.6. The zero-order chi connectivity index (χ0) is 13.0. The first-order chi connectivity index (χ1) is 7.97. The molecular weight excluding hydrogens is 216 g/mol. The van der Waals surface area contributed by atoms with Crippen LogP contribution in [-0.4, -0.2) is 73.0 Å². The van der Waals surface area contributed by atoms with Crippen LogP contribution < -0.4 is 0 Å².